The SMILES string of the molecule is COc1ccc(C(C)Nc2nc(C(C)C)no2)cc1OC. The molecule has 0 aliphatic carbocycles. The van der Waals surface area contributed by atoms with Crippen LogP contribution in [0.4, 0.5) is 6.01 Å². The smallest absolute Gasteiger partial charge is 0.321 e. The third-order valence-electron chi connectivity index (χ3n) is 3.21. The Bertz CT molecular complexity index is 596. The number of benzene rings is 1. The van der Waals surface area contributed by atoms with E-state index in [9.17, 15) is 0 Å². The van der Waals surface area contributed by atoms with Crippen molar-refractivity contribution in [3.8, 4) is 11.5 Å². The van der Waals surface area contributed by atoms with Gasteiger partial charge in [0.1, 0.15) is 0 Å². The Morgan fingerprint density at radius 1 is 1.10 bits per heavy atom. The van der Waals surface area contributed by atoms with E-state index in [0.717, 1.165) is 5.56 Å². The maximum atomic E-state index is 5.31. The van der Waals surface area contributed by atoms with Crippen LogP contribution in [0.2, 0.25) is 0 Å². The highest BCUT2D eigenvalue weighted by Gasteiger charge is 2.14. The van der Waals surface area contributed by atoms with E-state index in [4.69, 9.17) is 14.0 Å². The summed E-state index contributed by atoms with van der Waals surface area (Å²) in [6.07, 6.45) is 0. The Balaban J connectivity index is 2.13. The average molecular weight is 291 g/mol. The topological polar surface area (TPSA) is 69.4 Å². The molecular formula is C15H21N3O3. The van der Waals surface area contributed by atoms with Gasteiger partial charge in [-0.3, -0.25) is 0 Å². The molecule has 6 nitrogen and oxygen atoms in total. The Kier molecular flexibility index (Phi) is 4.67. The van der Waals surface area contributed by atoms with Crippen molar-refractivity contribution >= 4 is 6.01 Å². The minimum absolute atomic E-state index is 0.00488. The first-order valence-corrected chi connectivity index (χ1v) is 6.87. The minimum atomic E-state index is 0.00488. The van der Waals surface area contributed by atoms with Crippen LogP contribution in [-0.4, -0.2) is 24.4 Å². The van der Waals surface area contributed by atoms with E-state index < -0.39 is 0 Å². The highest BCUT2D eigenvalue weighted by molar-refractivity contribution is 5.45. The molecule has 0 aliphatic rings. The van der Waals surface area contributed by atoms with Crippen LogP contribution in [0.15, 0.2) is 22.7 Å². The summed E-state index contributed by atoms with van der Waals surface area (Å²) in [4.78, 5) is 4.31. The van der Waals surface area contributed by atoms with Gasteiger partial charge in [-0.15, -0.1) is 0 Å². The largest absolute Gasteiger partial charge is 0.493 e. The summed E-state index contributed by atoms with van der Waals surface area (Å²) in [7, 11) is 3.23. The Morgan fingerprint density at radius 3 is 2.38 bits per heavy atom. The zero-order valence-corrected chi connectivity index (χ0v) is 13.0. The fraction of sp³-hybridized carbons (Fsp3) is 0.467. The fourth-order valence-corrected chi connectivity index (χ4v) is 1.92. The Morgan fingerprint density at radius 2 is 1.81 bits per heavy atom. The predicted molar refractivity (Wildman–Crippen MR) is 80.0 cm³/mol. The number of hydrogen-bond donors (Lipinski definition) is 1. The highest BCUT2D eigenvalue weighted by Crippen LogP contribution is 2.30. The summed E-state index contributed by atoms with van der Waals surface area (Å²) in [5.41, 5.74) is 1.04. The van der Waals surface area contributed by atoms with Crippen LogP contribution >= 0.6 is 0 Å². The fourth-order valence-electron chi connectivity index (χ4n) is 1.92. The van der Waals surface area contributed by atoms with Crippen LogP contribution in [0.3, 0.4) is 0 Å². The normalized spacial score (nSPS) is 12.3. The molecule has 1 heterocycles. The van der Waals surface area contributed by atoms with E-state index >= 15 is 0 Å². The summed E-state index contributed by atoms with van der Waals surface area (Å²) in [6.45, 7) is 6.05. The van der Waals surface area contributed by atoms with E-state index in [1.165, 1.54) is 0 Å². The molecule has 0 amide bonds. The van der Waals surface area contributed by atoms with Crippen LogP contribution in [0.5, 0.6) is 11.5 Å². The number of ether oxygens (including phenoxy) is 2. The molecule has 2 aromatic rings. The summed E-state index contributed by atoms with van der Waals surface area (Å²) >= 11 is 0. The molecule has 0 radical (unpaired) electrons. The second kappa shape index (κ2) is 6.47. The monoisotopic (exact) mass is 291 g/mol. The van der Waals surface area contributed by atoms with Crippen LogP contribution in [0.1, 0.15) is 44.1 Å². The lowest BCUT2D eigenvalue weighted by atomic mass is 10.1. The van der Waals surface area contributed by atoms with E-state index in [1.807, 2.05) is 39.0 Å². The molecule has 21 heavy (non-hydrogen) atoms. The van der Waals surface area contributed by atoms with Gasteiger partial charge in [-0.25, -0.2) is 0 Å². The molecule has 0 fully saturated rings. The number of rotatable bonds is 6. The summed E-state index contributed by atoms with van der Waals surface area (Å²) in [6, 6.07) is 6.19. The average Bonchev–Trinajstić information content (AvgIpc) is 2.95. The summed E-state index contributed by atoms with van der Waals surface area (Å²) in [5.74, 6) is 2.32. The molecule has 0 bridgehead atoms. The Labute approximate surface area is 124 Å². The summed E-state index contributed by atoms with van der Waals surface area (Å²) < 4.78 is 15.7. The van der Waals surface area contributed by atoms with Crippen LogP contribution in [-0.2, 0) is 0 Å². The number of anilines is 1. The molecule has 0 saturated heterocycles. The Hall–Kier alpha value is -2.24. The van der Waals surface area contributed by atoms with E-state index in [1.54, 1.807) is 14.2 Å². The number of methoxy groups -OCH3 is 2. The van der Waals surface area contributed by atoms with Gasteiger partial charge in [0.15, 0.2) is 17.3 Å². The van der Waals surface area contributed by atoms with Crippen molar-refractivity contribution < 1.29 is 14.0 Å². The molecule has 0 saturated carbocycles. The lowest BCUT2D eigenvalue weighted by Gasteiger charge is -2.15. The van der Waals surface area contributed by atoms with Crippen molar-refractivity contribution in [2.45, 2.75) is 32.7 Å². The first-order valence-electron chi connectivity index (χ1n) is 6.87. The van der Waals surface area contributed by atoms with Crippen LogP contribution < -0.4 is 14.8 Å². The maximum Gasteiger partial charge on any atom is 0.321 e. The molecule has 6 heteroatoms. The molecule has 2 rings (SSSR count). The number of nitrogens with zero attached hydrogens (tertiary/aromatic N) is 2. The molecule has 114 valence electrons. The van der Waals surface area contributed by atoms with Crippen molar-refractivity contribution in [3.05, 3.63) is 29.6 Å². The lowest BCUT2D eigenvalue weighted by molar-refractivity contribution is 0.354. The summed E-state index contributed by atoms with van der Waals surface area (Å²) in [5, 5.41) is 7.12. The quantitative estimate of drug-likeness (QED) is 0.879. The highest BCUT2D eigenvalue weighted by atomic mass is 16.5. The van der Waals surface area contributed by atoms with Gasteiger partial charge >= 0.3 is 6.01 Å². The molecule has 0 aliphatic heterocycles. The van der Waals surface area contributed by atoms with Gasteiger partial charge < -0.3 is 19.3 Å². The second-order valence-corrected chi connectivity index (χ2v) is 5.09. The predicted octanol–water partition coefficient (Wildman–Crippen LogP) is 3.38. The third kappa shape index (κ3) is 3.45. The molecule has 0 spiro atoms. The van der Waals surface area contributed by atoms with Crippen LogP contribution in [0, 0.1) is 0 Å². The van der Waals surface area contributed by atoms with Gasteiger partial charge in [0.2, 0.25) is 0 Å². The molecule has 1 aromatic heterocycles. The number of aromatic nitrogens is 2. The zero-order valence-electron chi connectivity index (χ0n) is 13.0. The zero-order chi connectivity index (χ0) is 15.4. The van der Waals surface area contributed by atoms with Gasteiger partial charge in [-0.2, -0.15) is 4.98 Å². The van der Waals surface area contributed by atoms with E-state index in [2.05, 4.69) is 15.5 Å². The number of hydrogen-bond acceptors (Lipinski definition) is 6. The first kappa shape index (κ1) is 15.2. The van der Waals surface area contributed by atoms with Gasteiger partial charge in [0, 0.05) is 5.92 Å². The van der Waals surface area contributed by atoms with Crippen molar-refractivity contribution in [2.75, 3.05) is 19.5 Å². The first-order chi connectivity index (χ1) is 10.0. The van der Waals surface area contributed by atoms with Gasteiger partial charge in [-0.1, -0.05) is 25.1 Å². The van der Waals surface area contributed by atoms with Gasteiger partial charge in [-0.05, 0) is 24.6 Å². The standard InChI is InChI=1S/C15H21N3O3/c1-9(2)14-17-15(21-18-14)16-10(3)11-6-7-12(19-4)13(8-11)20-5/h6-10H,1-5H3,(H,16,17,18). The molecule has 1 atom stereocenters. The van der Waals surface area contributed by atoms with Crippen molar-refractivity contribution in [1.82, 2.24) is 10.1 Å². The van der Waals surface area contributed by atoms with Crippen molar-refractivity contribution in [2.24, 2.45) is 0 Å². The third-order valence-corrected chi connectivity index (χ3v) is 3.21. The van der Waals surface area contributed by atoms with E-state index in [0.29, 0.717) is 23.3 Å². The van der Waals surface area contributed by atoms with Crippen LogP contribution in [0.25, 0.3) is 0 Å². The van der Waals surface area contributed by atoms with Gasteiger partial charge in [0.25, 0.3) is 0 Å². The minimum Gasteiger partial charge on any atom is -0.493 e. The van der Waals surface area contributed by atoms with Crippen molar-refractivity contribution in [3.63, 3.8) is 0 Å². The van der Waals surface area contributed by atoms with E-state index in [-0.39, 0.29) is 12.0 Å². The molecule has 1 aromatic carbocycles. The molecule has 1 N–H and O–H groups in total. The second-order valence-electron chi connectivity index (χ2n) is 5.09. The lowest BCUT2D eigenvalue weighted by Crippen LogP contribution is -2.07. The molecule has 1 unspecified atom stereocenters. The van der Waals surface area contributed by atoms with Crippen molar-refractivity contribution in [1.29, 1.82) is 0 Å². The maximum absolute atomic E-state index is 5.31. The van der Waals surface area contributed by atoms with Gasteiger partial charge in [0.05, 0.1) is 20.3 Å². The molecular weight excluding hydrogens is 270 g/mol. The number of nitrogens with one attached hydrogen (secondary N) is 1.